The lowest BCUT2D eigenvalue weighted by Gasteiger charge is -2.17. The van der Waals surface area contributed by atoms with Gasteiger partial charge in [0.05, 0.1) is 25.5 Å². The number of hydrogen-bond donors (Lipinski definition) is 2. The molecule has 0 radical (unpaired) electrons. The Labute approximate surface area is 179 Å². The Morgan fingerprint density at radius 3 is 2.70 bits per heavy atom. The standard InChI is InChI=1S/C22H23ClN4O3/c1-29-17-7-8-18(20(11-17)30-2)22(28)24-16-9-10-27(13-16)21-12-19(25-26-21)14-3-5-15(23)6-4-14/h3-8,11-12,16H,9-10,13H2,1-2H3,(H,24,28)(H,25,26). The SMILES string of the molecule is COc1ccc(C(=O)NC2CCN(c3cc(-c4ccc(Cl)cc4)[nH]n3)C2)c(OC)c1. The van der Waals surface area contributed by atoms with Gasteiger partial charge in [0.15, 0.2) is 5.82 Å². The lowest BCUT2D eigenvalue weighted by atomic mass is 10.1. The molecule has 3 aromatic rings. The molecule has 0 aliphatic carbocycles. The van der Waals surface area contributed by atoms with Crippen LogP contribution in [0.15, 0.2) is 48.5 Å². The van der Waals surface area contributed by atoms with Crippen LogP contribution in [0, 0.1) is 0 Å². The van der Waals surface area contributed by atoms with Crippen LogP contribution in [0.5, 0.6) is 11.5 Å². The number of methoxy groups -OCH3 is 2. The summed E-state index contributed by atoms with van der Waals surface area (Å²) in [5.41, 5.74) is 2.44. The number of benzene rings is 2. The summed E-state index contributed by atoms with van der Waals surface area (Å²) in [6, 6.07) is 14.8. The van der Waals surface area contributed by atoms with Crippen molar-refractivity contribution in [2.75, 3.05) is 32.2 Å². The van der Waals surface area contributed by atoms with E-state index in [2.05, 4.69) is 20.4 Å². The lowest BCUT2D eigenvalue weighted by Crippen LogP contribution is -2.37. The highest BCUT2D eigenvalue weighted by Crippen LogP contribution is 2.27. The van der Waals surface area contributed by atoms with Gasteiger partial charge < -0.3 is 19.7 Å². The molecular formula is C22H23ClN4O3. The molecule has 8 heteroatoms. The maximum Gasteiger partial charge on any atom is 0.255 e. The molecule has 2 N–H and O–H groups in total. The predicted molar refractivity (Wildman–Crippen MR) is 117 cm³/mol. The Hall–Kier alpha value is -3.19. The fourth-order valence-electron chi connectivity index (χ4n) is 3.59. The molecule has 0 saturated carbocycles. The van der Waals surface area contributed by atoms with Gasteiger partial charge in [-0.1, -0.05) is 23.7 Å². The van der Waals surface area contributed by atoms with Gasteiger partial charge in [0.2, 0.25) is 0 Å². The van der Waals surface area contributed by atoms with Crippen molar-refractivity contribution in [3.8, 4) is 22.8 Å². The molecule has 1 aliphatic heterocycles. The number of anilines is 1. The van der Waals surface area contributed by atoms with Crippen LogP contribution < -0.4 is 19.7 Å². The number of carbonyl (C=O) groups excluding carboxylic acids is 1. The minimum Gasteiger partial charge on any atom is -0.497 e. The van der Waals surface area contributed by atoms with Crippen molar-refractivity contribution >= 4 is 23.3 Å². The summed E-state index contributed by atoms with van der Waals surface area (Å²) in [5.74, 6) is 1.83. The molecule has 4 rings (SSSR count). The molecule has 1 unspecified atom stereocenters. The van der Waals surface area contributed by atoms with Crippen molar-refractivity contribution in [2.45, 2.75) is 12.5 Å². The van der Waals surface area contributed by atoms with E-state index in [0.717, 1.165) is 30.0 Å². The molecule has 1 atom stereocenters. The molecule has 156 valence electrons. The summed E-state index contributed by atoms with van der Waals surface area (Å²) < 4.78 is 10.5. The third kappa shape index (κ3) is 4.21. The van der Waals surface area contributed by atoms with E-state index < -0.39 is 0 Å². The highest BCUT2D eigenvalue weighted by molar-refractivity contribution is 6.30. The van der Waals surface area contributed by atoms with Crippen LogP contribution in [0.25, 0.3) is 11.3 Å². The van der Waals surface area contributed by atoms with Crippen molar-refractivity contribution in [1.29, 1.82) is 0 Å². The van der Waals surface area contributed by atoms with Crippen LogP contribution in [0.2, 0.25) is 5.02 Å². The van der Waals surface area contributed by atoms with E-state index in [1.165, 1.54) is 0 Å². The summed E-state index contributed by atoms with van der Waals surface area (Å²) in [7, 11) is 3.12. The number of halogens is 1. The zero-order valence-electron chi connectivity index (χ0n) is 16.8. The Morgan fingerprint density at radius 2 is 1.97 bits per heavy atom. The zero-order valence-corrected chi connectivity index (χ0v) is 17.6. The van der Waals surface area contributed by atoms with E-state index in [0.29, 0.717) is 28.6 Å². The number of nitrogens with one attached hydrogen (secondary N) is 2. The first-order valence-corrected chi connectivity index (χ1v) is 10.0. The van der Waals surface area contributed by atoms with E-state index >= 15 is 0 Å². The Morgan fingerprint density at radius 1 is 1.17 bits per heavy atom. The molecule has 0 spiro atoms. The Kier molecular flexibility index (Phi) is 5.81. The number of nitrogens with zero attached hydrogens (tertiary/aromatic N) is 2. The van der Waals surface area contributed by atoms with Crippen LogP contribution in [0.4, 0.5) is 5.82 Å². The number of hydrogen-bond acceptors (Lipinski definition) is 5. The van der Waals surface area contributed by atoms with Crippen molar-refractivity contribution < 1.29 is 14.3 Å². The maximum absolute atomic E-state index is 12.8. The van der Waals surface area contributed by atoms with E-state index in [9.17, 15) is 4.79 Å². The van der Waals surface area contributed by atoms with E-state index in [4.69, 9.17) is 21.1 Å². The molecular weight excluding hydrogens is 404 g/mol. The van der Waals surface area contributed by atoms with Gasteiger partial charge in [0, 0.05) is 36.3 Å². The smallest absolute Gasteiger partial charge is 0.255 e. The summed E-state index contributed by atoms with van der Waals surface area (Å²) in [6.45, 7) is 1.50. The molecule has 1 amide bonds. The molecule has 1 saturated heterocycles. The summed E-state index contributed by atoms with van der Waals surface area (Å²) in [4.78, 5) is 14.9. The summed E-state index contributed by atoms with van der Waals surface area (Å²) in [6.07, 6.45) is 0.841. The number of aromatic amines is 1. The minimum absolute atomic E-state index is 0.0278. The largest absolute Gasteiger partial charge is 0.497 e. The predicted octanol–water partition coefficient (Wildman–Crippen LogP) is 3.76. The minimum atomic E-state index is -0.162. The normalized spacial score (nSPS) is 15.8. The Balaban J connectivity index is 1.40. The van der Waals surface area contributed by atoms with Gasteiger partial charge in [-0.2, -0.15) is 5.10 Å². The van der Waals surface area contributed by atoms with Crippen LogP contribution >= 0.6 is 11.6 Å². The average Bonchev–Trinajstić information content (AvgIpc) is 3.43. The molecule has 1 aromatic heterocycles. The molecule has 2 heterocycles. The average molecular weight is 427 g/mol. The van der Waals surface area contributed by atoms with Gasteiger partial charge in [-0.05, 0) is 36.2 Å². The molecule has 7 nitrogen and oxygen atoms in total. The molecule has 30 heavy (non-hydrogen) atoms. The second-order valence-corrected chi connectivity index (χ2v) is 7.55. The van der Waals surface area contributed by atoms with Gasteiger partial charge in [0.1, 0.15) is 11.5 Å². The van der Waals surface area contributed by atoms with Crippen molar-refractivity contribution in [2.24, 2.45) is 0 Å². The van der Waals surface area contributed by atoms with Crippen LogP contribution in [-0.4, -0.2) is 49.5 Å². The van der Waals surface area contributed by atoms with Gasteiger partial charge >= 0.3 is 0 Å². The zero-order chi connectivity index (χ0) is 21.1. The first-order chi connectivity index (χ1) is 14.6. The third-order valence-corrected chi connectivity index (χ3v) is 5.47. The molecule has 2 aromatic carbocycles. The van der Waals surface area contributed by atoms with Gasteiger partial charge in [0.25, 0.3) is 5.91 Å². The molecule has 0 bridgehead atoms. The second-order valence-electron chi connectivity index (χ2n) is 7.12. The maximum atomic E-state index is 12.8. The fraction of sp³-hybridized carbons (Fsp3) is 0.273. The molecule has 1 aliphatic rings. The van der Waals surface area contributed by atoms with Crippen LogP contribution in [0.3, 0.4) is 0 Å². The topological polar surface area (TPSA) is 79.5 Å². The van der Waals surface area contributed by atoms with E-state index in [1.54, 1.807) is 32.4 Å². The number of carbonyl (C=O) groups is 1. The lowest BCUT2D eigenvalue weighted by molar-refractivity contribution is 0.0937. The number of aromatic nitrogens is 2. The van der Waals surface area contributed by atoms with Crippen molar-refractivity contribution in [3.63, 3.8) is 0 Å². The van der Waals surface area contributed by atoms with Crippen molar-refractivity contribution in [3.05, 3.63) is 59.1 Å². The van der Waals surface area contributed by atoms with Gasteiger partial charge in [-0.3, -0.25) is 9.89 Å². The third-order valence-electron chi connectivity index (χ3n) is 5.22. The van der Waals surface area contributed by atoms with Crippen molar-refractivity contribution in [1.82, 2.24) is 15.5 Å². The fourth-order valence-corrected chi connectivity index (χ4v) is 3.71. The highest BCUT2D eigenvalue weighted by Gasteiger charge is 2.27. The first kappa shape index (κ1) is 20.1. The number of ether oxygens (including phenoxy) is 2. The Bertz CT molecular complexity index is 1040. The summed E-state index contributed by atoms with van der Waals surface area (Å²) >= 11 is 5.96. The van der Waals surface area contributed by atoms with Crippen LogP contribution in [-0.2, 0) is 0 Å². The van der Waals surface area contributed by atoms with E-state index in [1.807, 2.05) is 30.3 Å². The van der Waals surface area contributed by atoms with E-state index in [-0.39, 0.29) is 11.9 Å². The highest BCUT2D eigenvalue weighted by atomic mass is 35.5. The van der Waals surface area contributed by atoms with Gasteiger partial charge in [-0.25, -0.2) is 0 Å². The monoisotopic (exact) mass is 426 g/mol. The quantitative estimate of drug-likeness (QED) is 0.627. The number of H-pyrrole nitrogens is 1. The summed E-state index contributed by atoms with van der Waals surface area (Å²) in [5, 5.41) is 11.3. The number of amides is 1. The second kappa shape index (κ2) is 8.67. The van der Waals surface area contributed by atoms with Crippen LogP contribution in [0.1, 0.15) is 16.8 Å². The van der Waals surface area contributed by atoms with Gasteiger partial charge in [-0.15, -0.1) is 0 Å². The molecule has 1 fully saturated rings. The first-order valence-electron chi connectivity index (χ1n) is 9.66. The number of rotatable bonds is 6.